The fraction of sp³-hybridized carbons (Fsp3) is 0.375. The maximum absolute atomic E-state index is 12.6. The van der Waals surface area contributed by atoms with E-state index in [2.05, 4.69) is 15.3 Å². The van der Waals surface area contributed by atoms with E-state index >= 15 is 0 Å². The Labute approximate surface area is 181 Å². The van der Waals surface area contributed by atoms with Crippen LogP contribution in [0.4, 0.5) is 0 Å². The molecule has 7 heteroatoms. The van der Waals surface area contributed by atoms with E-state index in [-0.39, 0.29) is 17.7 Å². The van der Waals surface area contributed by atoms with E-state index in [1.807, 2.05) is 54.6 Å². The number of fused-ring (bicyclic) bond motifs is 1. The Bertz CT molecular complexity index is 985. The largest absolute Gasteiger partial charge is 0.493 e. The quantitative estimate of drug-likeness (QED) is 0.587. The molecule has 1 aliphatic heterocycles. The summed E-state index contributed by atoms with van der Waals surface area (Å²) in [6.45, 7) is 2.04. The van der Waals surface area contributed by atoms with Crippen LogP contribution in [-0.4, -0.2) is 52.9 Å². The van der Waals surface area contributed by atoms with Gasteiger partial charge in [0.25, 0.3) is 0 Å². The second kappa shape index (κ2) is 10.1. The summed E-state index contributed by atoms with van der Waals surface area (Å²) >= 11 is 0. The molecule has 2 aromatic carbocycles. The molecule has 2 N–H and O–H groups in total. The van der Waals surface area contributed by atoms with Crippen molar-refractivity contribution in [2.75, 3.05) is 26.2 Å². The van der Waals surface area contributed by atoms with Crippen LogP contribution in [0.1, 0.15) is 25.1 Å². The molecule has 1 saturated heterocycles. The highest BCUT2D eigenvalue weighted by Crippen LogP contribution is 2.18. The second-order valence-electron chi connectivity index (χ2n) is 7.83. The standard InChI is InChI=1S/C24H28N4O3/c29-23(13-16-31-19-8-2-1-3-9-19)28-15-6-7-18(17-28)24(30)25-14-12-22-26-20-10-4-5-11-21(20)27-22/h1-5,8-11,18H,6-7,12-17H2,(H,25,30)(H,26,27). The van der Waals surface area contributed by atoms with Crippen LogP contribution < -0.4 is 10.1 Å². The molecule has 0 saturated carbocycles. The number of benzene rings is 2. The highest BCUT2D eigenvalue weighted by atomic mass is 16.5. The van der Waals surface area contributed by atoms with Crippen molar-refractivity contribution in [1.29, 1.82) is 0 Å². The lowest BCUT2D eigenvalue weighted by Crippen LogP contribution is -2.46. The van der Waals surface area contributed by atoms with Crippen molar-refractivity contribution in [1.82, 2.24) is 20.2 Å². The average molecular weight is 421 g/mol. The van der Waals surface area contributed by atoms with Crippen molar-refractivity contribution >= 4 is 22.8 Å². The molecule has 2 amide bonds. The van der Waals surface area contributed by atoms with Gasteiger partial charge in [-0.2, -0.15) is 0 Å². The number of piperidine rings is 1. The summed E-state index contributed by atoms with van der Waals surface area (Å²) in [6, 6.07) is 17.4. The van der Waals surface area contributed by atoms with Gasteiger partial charge >= 0.3 is 0 Å². The summed E-state index contributed by atoms with van der Waals surface area (Å²) in [4.78, 5) is 34.8. The van der Waals surface area contributed by atoms with E-state index in [4.69, 9.17) is 4.74 Å². The van der Waals surface area contributed by atoms with Crippen LogP contribution in [0.3, 0.4) is 0 Å². The number of para-hydroxylation sites is 3. The minimum Gasteiger partial charge on any atom is -0.493 e. The van der Waals surface area contributed by atoms with Crippen LogP contribution >= 0.6 is 0 Å². The number of imidazole rings is 1. The molecule has 0 aliphatic carbocycles. The third-order valence-corrected chi connectivity index (χ3v) is 5.57. The number of hydrogen-bond acceptors (Lipinski definition) is 4. The highest BCUT2D eigenvalue weighted by Gasteiger charge is 2.28. The first-order valence-corrected chi connectivity index (χ1v) is 10.9. The fourth-order valence-corrected chi connectivity index (χ4v) is 3.92. The molecule has 4 rings (SSSR count). The van der Waals surface area contributed by atoms with Gasteiger partial charge in [0.05, 0.1) is 30.0 Å². The van der Waals surface area contributed by atoms with Gasteiger partial charge in [-0.05, 0) is 37.1 Å². The topological polar surface area (TPSA) is 87.3 Å². The third kappa shape index (κ3) is 5.63. The molecule has 2 heterocycles. The number of hydrogen-bond donors (Lipinski definition) is 2. The van der Waals surface area contributed by atoms with Gasteiger partial charge in [-0.25, -0.2) is 4.98 Å². The molecule has 1 atom stereocenters. The molecule has 1 aromatic heterocycles. The number of carbonyl (C=O) groups excluding carboxylic acids is 2. The maximum Gasteiger partial charge on any atom is 0.226 e. The molecule has 162 valence electrons. The van der Waals surface area contributed by atoms with Crippen molar-refractivity contribution in [3.05, 3.63) is 60.4 Å². The summed E-state index contributed by atoms with van der Waals surface area (Å²) < 4.78 is 5.62. The Hall–Kier alpha value is -3.35. The molecule has 3 aromatic rings. The Morgan fingerprint density at radius 2 is 1.94 bits per heavy atom. The summed E-state index contributed by atoms with van der Waals surface area (Å²) in [5.74, 6) is 1.50. The average Bonchev–Trinajstić information content (AvgIpc) is 3.22. The lowest BCUT2D eigenvalue weighted by atomic mass is 9.97. The van der Waals surface area contributed by atoms with Gasteiger partial charge in [0.1, 0.15) is 11.6 Å². The fourth-order valence-electron chi connectivity index (χ4n) is 3.92. The molecule has 7 nitrogen and oxygen atoms in total. The smallest absolute Gasteiger partial charge is 0.226 e. The molecule has 1 unspecified atom stereocenters. The first kappa shape index (κ1) is 20.9. The number of aromatic amines is 1. The van der Waals surface area contributed by atoms with Crippen LogP contribution in [0.15, 0.2) is 54.6 Å². The monoisotopic (exact) mass is 420 g/mol. The van der Waals surface area contributed by atoms with Crippen LogP contribution in [0.25, 0.3) is 11.0 Å². The van der Waals surface area contributed by atoms with Crippen LogP contribution in [-0.2, 0) is 16.0 Å². The zero-order valence-corrected chi connectivity index (χ0v) is 17.5. The number of ether oxygens (including phenoxy) is 1. The number of H-pyrrole nitrogens is 1. The molecule has 1 fully saturated rings. The van der Waals surface area contributed by atoms with Gasteiger partial charge in [-0.3, -0.25) is 9.59 Å². The lowest BCUT2D eigenvalue weighted by Gasteiger charge is -2.32. The highest BCUT2D eigenvalue weighted by molar-refractivity contribution is 5.81. The first-order valence-electron chi connectivity index (χ1n) is 10.9. The minimum absolute atomic E-state index is 0.00847. The summed E-state index contributed by atoms with van der Waals surface area (Å²) in [5.41, 5.74) is 1.93. The molecular formula is C24H28N4O3. The van der Waals surface area contributed by atoms with E-state index in [1.54, 1.807) is 4.90 Å². The number of nitrogens with zero attached hydrogens (tertiary/aromatic N) is 2. The number of likely N-dealkylation sites (tertiary alicyclic amines) is 1. The summed E-state index contributed by atoms with van der Waals surface area (Å²) in [6.07, 6.45) is 2.61. The summed E-state index contributed by atoms with van der Waals surface area (Å²) in [5, 5.41) is 3.01. The molecule has 1 aliphatic rings. The number of rotatable bonds is 8. The molecule has 0 spiro atoms. The SMILES string of the molecule is O=C(NCCc1nc2ccccc2[nH]1)C1CCCN(C(=O)CCOc2ccccc2)C1. The number of amides is 2. The molecule has 0 radical (unpaired) electrons. The third-order valence-electron chi connectivity index (χ3n) is 5.57. The predicted molar refractivity (Wildman–Crippen MR) is 119 cm³/mol. The van der Waals surface area contributed by atoms with Crippen molar-refractivity contribution in [2.24, 2.45) is 5.92 Å². The van der Waals surface area contributed by atoms with Crippen molar-refractivity contribution in [3.63, 3.8) is 0 Å². The van der Waals surface area contributed by atoms with Crippen molar-refractivity contribution < 1.29 is 14.3 Å². The van der Waals surface area contributed by atoms with E-state index in [1.165, 1.54) is 0 Å². The zero-order valence-electron chi connectivity index (χ0n) is 17.5. The van der Waals surface area contributed by atoms with Crippen molar-refractivity contribution in [3.8, 4) is 5.75 Å². The Kier molecular flexibility index (Phi) is 6.82. The van der Waals surface area contributed by atoms with Gasteiger partial charge in [-0.15, -0.1) is 0 Å². The van der Waals surface area contributed by atoms with Crippen LogP contribution in [0.5, 0.6) is 5.75 Å². The molecule has 31 heavy (non-hydrogen) atoms. The number of aromatic nitrogens is 2. The first-order chi connectivity index (χ1) is 15.2. The molecule has 0 bridgehead atoms. The Morgan fingerprint density at radius 3 is 2.77 bits per heavy atom. The molecular weight excluding hydrogens is 392 g/mol. The van der Waals surface area contributed by atoms with Gasteiger partial charge in [-0.1, -0.05) is 30.3 Å². The Balaban J connectivity index is 1.20. The van der Waals surface area contributed by atoms with Gasteiger partial charge < -0.3 is 19.9 Å². The van der Waals surface area contributed by atoms with Crippen LogP contribution in [0.2, 0.25) is 0 Å². The number of carbonyl (C=O) groups is 2. The van der Waals surface area contributed by atoms with Gasteiger partial charge in [0, 0.05) is 26.1 Å². The van der Waals surface area contributed by atoms with Gasteiger partial charge in [0.2, 0.25) is 11.8 Å². The minimum atomic E-state index is -0.164. The zero-order chi connectivity index (χ0) is 21.5. The van der Waals surface area contributed by atoms with E-state index in [0.717, 1.165) is 35.4 Å². The van der Waals surface area contributed by atoms with Crippen LogP contribution in [0, 0.1) is 5.92 Å². The van der Waals surface area contributed by atoms with Crippen molar-refractivity contribution in [2.45, 2.75) is 25.7 Å². The lowest BCUT2D eigenvalue weighted by molar-refractivity contribution is -0.136. The van der Waals surface area contributed by atoms with E-state index in [0.29, 0.717) is 39.1 Å². The Morgan fingerprint density at radius 1 is 1.13 bits per heavy atom. The summed E-state index contributed by atoms with van der Waals surface area (Å²) in [7, 11) is 0. The normalized spacial score (nSPS) is 16.3. The number of nitrogens with one attached hydrogen (secondary N) is 2. The van der Waals surface area contributed by atoms with E-state index in [9.17, 15) is 9.59 Å². The maximum atomic E-state index is 12.6. The predicted octanol–water partition coefficient (Wildman–Crippen LogP) is 2.93. The van der Waals surface area contributed by atoms with E-state index < -0.39 is 0 Å². The van der Waals surface area contributed by atoms with Gasteiger partial charge in [0.15, 0.2) is 0 Å². The second-order valence-corrected chi connectivity index (χ2v) is 7.83.